The van der Waals surface area contributed by atoms with Gasteiger partial charge in [-0.05, 0) is 46.3 Å². The van der Waals surface area contributed by atoms with Crippen LogP contribution in [0.3, 0.4) is 0 Å². The van der Waals surface area contributed by atoms with Crippen LogP contribution in [0.25, 0.3) is 0 Å². The molecule has 0 N–H and O–H groups in total. The lowest BCUT2D eigenvalue weighted by molar-refractivity contribution is -0.137. The molecule has 0 saturated carbocycles. The molecule has 0 aliphatic rings. The van der Waals surface area contributed by atoms with Crippen LogP contribution in [-0.2, 0) is 6.18 Å². The van der Waals surface area contributed by atoms with E-state index in [0.717, 1.165) is 17.2 Å². The lowest BCUT2D eigenvalue weighted by atomic mass is 10.2. The summed E-state index contributed by atoms with van der Waals surface area (Å²) in [5.41, 5.74) is -0.280. The van der Waals surface area contributed by atoms with Gasteiger partial charge in [0.05, 0.1) is 11.1 Å². The van der Waals surface area contributed by atoms with Crippen LogP contribution in [0.5, 0.6) is 0 Å². The maximum Gasteiger partial charge on any atom is 0.417 e. The second-order valence-electron chi connectivity index (χ2n) is 3.74. The molecule has 0 unspecified atom stereocenters. The normalized spacial score (nSPS) is 11.2. The summed E-state index contributed by atoms with van der Waals surface area (Å²) in [5, 5.41) is 9.25. The zero-order valence-corrected chi connectivity index (χ0v) is 12.2. The number of nitriles is 1. The largest absolute Gasteiger partial charge is 0.417 e. The van der Waals surface area contributed by atoms with Crippen LogP contribution in [0.4, 0.5) is 13.2 Å². The van der Waals surface area contributed by atoms with Crippen molar-refractivity contribution in [2.24, 2.45) is 0 Å². The third kappa shape index (κ3) is 3.52. The standard InChI is InChI=1S/C13H6BrF3N2S/c14-11-5-10(3-1-8(11)6-18)20-12-4-2-9(7-19-12)13(15,16)17/h1-5,7H. The molecule has 2 nitrogen and oxygen atoms in total. The Hall–Kier alpha value is -1.52. The molecule has 0 atom stereocenters. The van der Waals surface area contributed by atoms with E-state index in [4.69, 9.17) is 5.26 Å². The Morgan fingerprint density at radius 2 is 1.95 bits per heavy atom. The number of alkyl halides is 3. The van der Waals surface area contributed by atoms with Crippen molar-refractivity contribution in [3.8, 4) is 6.07 Å². The molecule has 0 spiro atoms. The van der Waals surface area contributed by atoms with Crippen molar-refractivity contribution in [2.45, 2.75) is 16.1 Å². The van der Waals surface area contributed by atoms with E-state index >= 15 is 0 Å². The van der Waals surface area contributed by atoms with Gasteiger partial charge in [-0.3, -0.25) is 0 Å². The van der Waals surface area contributed by atoms with Crippen LogP contribution in [-0.4, -0.2) is 4.98 Å². The van der Waals surface area contributed by atoms with E-state index in [-0.39, 0.29) is 0 Å². The van der Waals surface area contributed by atoms with Crippen molar-refractivity contribution in [2.75, 3.05) is 0 Å². The molecule has 0 amide bonds. The number of rotatable bonds is 2. The van der Waals surface area contributed by atoms with Crippen molar-refractivity contribution in [3.05, 3.63) is 52.1 Å². The second-order valence-corrected chi connectivity index (χ2v) is 5.69. The minimum atomic E-state index is -4.38. The van der Waals surface area contributed by atoms with Crippen LogP contribution < -0.4 is 0 Å². The molecule has 2 rings (SSSR count). The van der Waals surface area contributed by atoms with Crippen LogP contribution in [0.2, 0.25) is 0 Å². The van der Waals surface area contributed by atoms with Gasteiger partial charge in [-0.25, -0.2) is 4.98 Å². The average Bonchev–Trinajstić information content (AvgIpc) is 2.38. The van der Waals surface area contributed by atoms with Gasteiger partial charge in [-0.15, -0.1) is 0 Å². The number of benzene rings is 1. The minimum absolute atomic E-state index is 0.453. The zero-order chi connectivity index (χ0) is 14.8. The van der Waals surface area contributed by atoms with E-state index in [9.17, 15) is 13.2 Å². The molecule has 0 bridgehead atoms. The Kier molecular flexibility index (Phi) is 4.35. The van der Waals surface area contributed by atoms with Crippen LogP contribution >= 0.6 is 27.7 Å². The predicted molar refractivity (Wildman–Crippen MR) is 72.2 cm³/mol. The fourth-order valence-corrected chi connectivity index (χ4v) is 2.79. The molecule has 0 radical (unpaired) electrons. The molecule has 7 heteroatoms. The summed E-state index contributed by atoms with van der Waals surface area (Å²) in [4.78, 5) is 4.56. The van der Waals surface area contributed by atoms with Crippen molar-refractivity contribution < 1.29 is 13.2 Å². The fraction of sp³-hybridized carbons (Fsp3) is 0.0769. The smallest absolute Gasteiger partial charge is 0.249 e. The quantitative estimate of drug-likeness (QED) is 0.767. The predicted octanol–water partition coefficient (Wildman–Crippen LogP) is 4.89. The summed E-state index contributed by atoms with van der Waals surface area (Å²) in [6.45, 7) is 0. The maximum absolute atomic E-state index is 12.4. The van der Waals surface area contributed by atoms with E-state index in [0.29, 0.717) is 15.1 Å². The highest BCUT2D eigenvalue weighted by atomic mass is 79.9. The third-order valence-corrected chi connectivity index (χ3v) is 3.94. The molecule has 1 heterocycles. The van der Waals surface area contributed by atoms with Gasteiger partial charge in [-0.1, -0.05) is 11.8 Å². The van der Waals surface area contributed by atoms with Gasteiger partial charge in [-0.2, -0.15) is 18.4 Å². The van der Waals surface area contributed by atoms with Crippen molar-refractivity contribution in [3.63, 3.8) is 0 Å². The van der Waals surface area contributed by atoms with Gasteiger partial charge in [0.1, 0.15) is 11.1 Å². The molecule has 2 aromatic rings. The average molecular weight is 359 g/mol. The zero-order valence-electron chi connectivity index (χ0n) is 9.78. The van der Waals surface area contributed by atoms with Crippen LogP contribution in [0.1, 0.15) is 11.1 Å². The Morgan fingerprint density at radius 1 is 1.20 bits per heavy atom. The lowest BCUT2D eigenvalue weighted by Crippen LogP contribution is -2.04. The summed E-state index contributed by atoms with van der Waals surface area (Å²) in [6, 6.07) is 9.40. The first kappa shape index (κ1) is 14.9. The molecule has 20 heavy (non-hydrogen) atoms. The summed E-state index contributed by atoms with van der Waals surface area (Å²) in [5.74, 6) is 0. The highest BCUT2D eigenvalue weighted by Gasteiger charge is 2.30. The van der Waals surface area contributed by atoms with E-state index in [2.05, 4.69) is 20.9 Å². The summed E-state index contributed by atoms with van der Waals surface area (Å²) < 4.78 is 37.8. The van der Waals surface area contributed by atoms with E-state index in [1.54, 1.807) is 18.2 Å². The first-order valence-electron chi connectivity index (χ1n) is 5.31. The Balaban J connectivity index is 2.19. The number of hydrogen-bond donors (Lipinski definition) is 0. The number of nitrogens with zero attached hydrogens (tertiary/aromatic N) is 2. The number of pyridine rings is 1. The van der Waals surface area contributed by atoms with Crippen LogP contribution in [0, 0.1) is 11.3 Å². The molecule has 1 aromatic heterocycles. The van der Waals surface area contributed by atoms with E-state index in [1.165, 1.54) is 17.8 Å². The van der Waals surface area contributed by atoms with Gasteiger partial charge >= 0.3 is 6.18 Å². The van der Waals surface area contributed by atoms with Crippen LogP contribution in [0.15, 0.2) is 50.9 Å². The lowest BCUT2D eigenvalue weighted by Gasteiger charge is -2.07. The van der Waals surface area contributed by atoms with Gasteiger partial charge in [0.15, 0.2) is 0 Å². The van der Waals surface area contributed by atoms with E-state index in [1.807, 2.05) is 6.07 Å². The number of halogens is 4. The maximum atomic E-state index is 12.4. The summed E-state index contributed by atoms with van der Waals surface area (Å²) >= 11 is 4.48. The van der Waals surface area contributed by atoms with Gasteiger partial charge < -0.3 is 0 Å². The molecule has 0 fully saturated rings. The first-order chi connectivity index (χ1) is 9.40. The van der Waals surface area contributed by atoms with Gasteiger partial charge in [0, 0.05) is 15.6 Å². The van der Waals surface area contributed by atoms with E-state index < -0.39 is 11.7 Å². The van der Waals surface area contributed by atoms with Gasteiger partial charge in [0.25, 0.3) is 0 Å². The monoisotopic (exact) mass is 358 g/mol. The molecule has 0 aliphatic carbocycles. The summed E-state index contributed by atoms with van der Waals surface area (Å²) in [6.07, 6.45) is -3.57. The number of aromatic nitrogens is 1. The summed E-state index contributed by atoms with van der Waals surface area (Å²) in [7, 11) is 0. The molecule has 102 valence electrons. The topological polar surface area (TPSA) is 36.7 Å². The van der Waals surface area contributed by atoms with Crippen molar-refractivity contribution in [1.29, 1.82) is 5.26 Å². The van der Waals surface area contributed by atoms with Crippen molar-refractivity contribution in [1.82, 2.24) is 4.98 Å². The molecule has 0 aliphatic heterocycles. The Labute approximate surface area is 125 Å². The second kappa shape index (κ2) is 5.85. The fourth-order valence-electron chi connectivity index (χ4n) is 1.38. The van der Waals surface area contributed by atoms with Gasteiger partial charge in [0.2, 0.25) is 0 Å². The molecule has 0 saturated heterocycles. The molecular formula is C13H6BrF3N2S. The molecule has 1 aromatic carbocycles. The number of hydrogen-bond acceptors (Lipinski definition) is 3. The minimum Gasteiger partial charge on any atom is -0.249 e. The highest BCUT2D eigenvalue weighted by molar-refractivity contribution is 9.10. The third-order valence-electron chi connectivity index (χ3n) is 2.35. The Morgan fingerprint density at radius 3 is 2.45 bits per heavy atom. The highest BCUT2D eigenvalue weighted by Crippen LogP contribution is 2.32. The molecular weight excluding hydrogens is 353 g/mol. The SMILES string of the molecule is N#Cc1ccc(Sc2ccc(C(F)(F)F)cn2)cc1Br. The van der Waals surface area contributed by atoms with Crippen molar-refractivity contribution >= 4 is 27.7 Å². The Bertz CT molecular complexity index is 663. The first-order valence-corrected chi connectivity index (χ1v) is 6.92.